The lowest BCUT2D eigenvalue weighted by molar-refractivity contribution is 0.292. The highest BCUT2D eigenvalue weighted by Crippen LogP contribution is 2.21. The fourth-order valence-electron chi connectivity index (χ4n) is 1.54. The highest BCUT2D eigenvalue weighted by Gasteiger charge is 2.08. The van der Waals surface area contributed by atoms with Crippen LogP contribution in [-0.4, -0.2) is 28.6 Å². The van der Waals surface area contributed by atoms with Gasteiger partial charge in [-0.1, -0.05) is 18.5 Å². The molecule has 0 radical (unpaired) electrons. The summed E-state index contributed by atoms with van der Waals surface area (Å²) in [5, 5.41) is 5.96. The molecule has 0 amide bonds. The van der Waals surface area contributed by atoms with Crippen LogP contribution in [0.4, 0.5) is 22.0 Å². The topological polar surface area (TPSA) is 72.0 Å². The van der Waals surface area contributed by atoms with Gasteiger partial charge in [-0.25, -0.2) is 4.39 Å². The average molecular weight is 312 g/mol. The first-order valence-electron chi connectivity index (χ1n) is 6.40. The van der Waals surface area contributed by atoms with Crippen molar-refractivity contribution >= 4 is 29.2 Å². The SMILES string of the molecule is CCCOc1nc(NC)nc(Nc2cc(F)cc(Cl)c2)n1. The molecule has 0 unspecified atom stereocenters. The van der Waals surface area contributed by atoms with Crippen LogP contribution >= 0.6 is 11.6 Å². The van der Waals surface area contributed by atoms with Gasteiger partial charge in [0.05, 0.1) is 6.61 Å². The second-order valence-corrected chi connectivity index (χ2v) is 4.58. The zero-order chi connectivity index (χ0) is 15.2. The molecule has 0 atom stereocenters. The number of halogens is 2. The van der Waals surface area contributed by atoms with E-state index >= 15 is 0 Å². The number of benzene rings is 1. The summed E-state index contributed by atoms with van der Waals surface area (Å²) in [7, 11) is 1.68. The summed E-state index contributed by atoms with van der Waals surface area (Å²) in [5.74, 6) is 0.138. The normalized spacial score (nSPS) is 10.3. The molecule has 112 valence electrons. The standard InChI is InChI=1S/C13H15ClFN5O/c1-3-4-21-13-19-11(16-2)18-12(20-13)17-10-6-8(14)5-9(15)7-10/h5-7H,3-4H2,1-2H3,(H2,16,17,18,19,20). The number of ether oxygens (including phenoxy) is 1. The molecule has 2 aromatic rings. The third-order valence-corrected chi connectivity index (χ3v) is 2.61. The first-order valence-corrected chi connectivity index (χ1v) is 6.78. The maximum absolute atomic E-state index is 13.3. The summed E-state index contributed by atoms with van der Waals surface area (Å²) in [6, 6.07) is 4.28. The second kappa shape index (κ2) is 7.03. The third kappa shape index (κ3) is 4.42. The molecule has 0 aliphatic rings. The fourth-order valence-corrected chi connectivity index (χ4v) is 1.76. The van der Waals surface area contributed by atoms with Gasteiger partial charge in [0.25, 0.3) is 0 Å². The van der Waals surface area contributed by atoms with E-state index in [4.69, 9.17) is 16.3 Å². The van der Waals surface area contributed by atoms with E-state index in [1.807, 2.05) is 6.92 Å². The van der Waals surface area contributed by atoms with Crippen LogP contribution < -0.4 is 15.4 Å². The molecule has 0 aliphatic heterocycles. The van der Waals surface area contributed by atoms with Crippen molar-refractivity contribution in [3.05, 3.63) is 29.0 Å². The summed E-state index contributed by atoms with van der Waals surface area (Å²) in [4.78, 5) is 12.3. The van der Waals surface area contributed by atoms with Crippen LogP contribution in [0.25, 0.3) is 0 Å². The summed E-state index contributed by atoms with van der Waals surface area (Å²) in [5.41, 5.74) is 0.440. The third-order valence-electron chi connectivity index (χ3n) is 2.39. The lowest BCUT2D eigenvalue weighted by atomic mass is 10.3. The Kier molecular flexibility index (Phi) is 5.10. The number of hydrogen-bond donors (Lipinski definition) is 2. The van der Waals surface area contributed by atoms with E-state index in [9.17, 15) is 4.39 Å². The van der Waals surface area contributed by atoms with Gasteiger partial charge in [-0.05, 0) is 24.6 Å². The van der Waals surface area contributed by atoms with Crippen molar-refractivity contribution in [2.45, 2.75) is 13.3 Å². The van der Waals surface area contributed by atoms with Gasteiger partial charge in [0.1, 0.15) is 5.82 Å². The Labute approximate surface area is 126 Å². The Morgan fingerprint density at radius 2 is 1.95 bits per heavy atom. The van der Waals surface area contributed by atoms with Crippen molar-refractivity contribution in [3.8, 4) is 6.01 Å². The van der Waals surface area contributed by atoms with E-state index in [-0.39, 0.29) is 17.0 Å². The van der Waals surface area contributed by atoms with Crippen LogP contribution in [0.1, 0.15) is 13.3 Å². The van der Waals surface area contributed by atoms with E-state index in [1.54, 1.807) is 13.1 Å². The molecule has 2 N–H and O–H groups in total. The molecular weight excluding hydrogens is 297 g/mol. The minimum Gasteiger partial charge on any atom is -0.463 e. The minimum absolute atomic E-state index is 0.196. The maximum atomic E-state index is 13.3. The van der Waals surface area contributed by atoms with Crippen LogP contribution in [0.15, 0.2) is 18.2 Å². The van der Waals surface area contributed by atoms with Crippen LogP contribution in [0.5, 0.6) is 6.01 Å². The van der Waals surface area contributed by atoms with Gasteiger partial charge >= 0.3 is 6.01 Å². The number of hydrogen-bond acceptors (Lipinski definition) is 6. The molecule has 6 nitrogen and oxygen atoms in total. The van der Waals surface area contributed by atoms with Gasteiger partial charge < -0.3 is 15.4 Å². The predicted molar refractivity (Wildman–Crippen MR) is 79.9 cm³/mol. The van der Waals surface area contributed by atoms with Crippen molar-refractivity contribution < 1.29 is 9.13 Å². The van der Waals surface area contributed by atoms with E-state index in [2.05, 4.69) is 25.6 Å². The molecule has 0 saturated heterocycles. The average Bonchev–Trinajstić information content (AvgIpc) is 2.43. The molecule has 0 spiro atoms. The van der Waals surface area contributed by atoms with Crippen LogP contribution in [-0.2, 0) is 0 Å². The molecule has 0 saturated carbocycles. The van der Waals surface area contributed by atoms with Crippen molar-refractivity contribution in [3.63, 3.8) is 0 Å². The zero-order valence-corrected chi connectivity index (χ0v) is 12.4. The molecule has 0 aliphatic carbocycles. The Morgan fingerprint density at radius 3 is 2.62 bits per heavy atom. The Morgan fingerprint density at radius 1 is 1.19 bits per heavy atom. The zero-order valence-electron chi connectivity index (χ0n) is 11.7. The van der Waals surface area contributed by atoms with Crippen LogP contribution in [0, 0.1) is 5.82 Å². The summed E-state index contributed by atoms with van der Waals surface area (Å²) in [6.45, 7) is 2.48. The van der Waals surface area contributed by atoms with Crippen molar-refractivity contribution in [1.29, 1.82) is 0 Å². The molecular formula is C13H15ClFN5O. The molecule has 1 aromatic heterocycles. The van der Waals surface area contributed by atoms with Gasteiger partial charge in [0.15, 0.2) is 0 Å². The number of aromatic nitrogens is 3. The summed E-state index contributed by atoms with van der Waals surface area (Å²) < 4.78 is 18.7. The molecule has 1 heterocycles. The predicted octanol–water partition coefficient (Wildman–Crippen LogP) is 3.24. The molecule has 0 bridgehead atoms. The highest BCUT2D eigenvalue weighted by atomic mass is 35.5. The first kappa shape index (κ1) is 15.2. The van der Waals surface area contributed by atoms with E-state index < -0.39 is 5.82 Å². The van der Waals surface area contributed by atoms with Crippen molar-refractivity contribution in [2.24, 2.45) is 0 Å². The van der Waals surface area contributed by atoms with E-state index in [0.29, 0.717) is 18.2 Å². The van der Waals surface area contributed by atoms with Crippen LogP contribution in [0.3, 0.4) is 0 Å². The minimum atomic E-state index is -0.449. The number of nitrogens with one attached hydrogen (secondary N) is 2. The highest BCUT2D eigenvalue weighted by molar-refractivity contribution is 6.30. The van der Waals surface area contributed by atoms with Gasteiger partial charge in [-0.15, -0.1) is 0 Å². The van der Waals surface area contributed by atoms with E-state index in [0.717, 1.165) is 6.42 Å². The number of anilines is 3. The lowest BCUT2D eigenvalue weighted by Crippen LogP contribution is -2.07. The quantitative estimate of drug-likeness (QED) is 0.853. The monoisotopic (exact) mass is 311 g/mol. The molecule has 0 fully saturated rings. The first-order chi connectivity index (χ1) is 10.1. The molecule has 2 rings (SSSR count). The van der Waals surface area contributed by atoms with Gasteiger partial charge in [-0.3, -0.25) is 0 Å². The number of nitrogens with zero attached hydrogens (tertiary/aromatic N) is 3. The Balaban J connectivity index is 2.25. The van der Waals surface area contributed by atoms with Gasteiger partial charge in [0.2, 0.25) is 11.9 Å². The van der Waals surface area contributed by atoms with Gasteiger partial charge in [0, 0.05) is 17.8 Å². The van der Waals surface area contributed by atoms with Gasteiger partial charge in [-0.2, -0.15) is 15.0 Å². The summed E-state index contributed by atoms with van der Waals surface area (Å²) in [6.07, 6.45) is 0.836. The molecule has 21 heavy (non-hydrogen) atoms. The second-order valence-electron chi connectivity index (χ2n) is 4.15. The molecule has 1 aromatic carbocycles. The lowest BCUT2D eigenvalue weighted by Gasteiger charge is -2.09. The number of rotatable bonds is 6. The summed E-state index contributed by atoms with van der Waals surface area (Å²) >= 11 is 5.80. The van der Waals surface area contributed by atoms with Crippen molar-refractivity contribution in [2.75, 3.05) is 24.3 Å². The fraction of sp³-hybridized carbons (Fsp3) is 0.308. The smallest absolute Gasteiger partial charge is 0.323 e. The Hall–Kier alpha value is -2.15. The maximum Gasteiger partial charge on any atom is 0.323 e. The largest absolute Gasteiger partial charge is 0.463 e. The van der Waals surface area contributed by atoms with E-state index in [1.165, 1.54) is 12.1 Å². The van der Waals surface area contributed by atoms with Crippen LogP contribution in [0.2, 0.25) is 5.02 Å². The van der Waals surface area contributed by atoms with Crippen molar-refractivity contribution in [1.82, 2.24) is 15.0 Å². The Bertz CT molecular complexity index is 605. The molecule has 8 heteroatoms.